The minimum atomic E-state index is -0.431. The number of ether oxygens (including phenoxy) is 2. The minimum Gasteiger partial charge on any atom is -0.496 e. The van der Waals surface area contributed by atoms with Gasteiger partial charge in [0.2, 0.25) is 0 Å². The van der Waals surface area contributed by atoms with E-state index in [0.717, 1.165) is 29.9 Å². The number of urea groups is 1. The molecule has 3 amide bonds. The molecule has 1 atom stereocenters. The monoisotopic (exact) mass is 549 g/mol. The van der Waals surface area contributed by atoms with Crippen molar-refractivity contribution in [3.63, 3.8) is 0 Å². The summed E-state index contributed by atoms with van der Waals surface area (Å²) in [5, 5.41) is 9.44. The number of aryl methyl sites for hydroxylation is 2. The van der Waals surface area contributed by atoms with E-state index in [2.05, 4.69) is 42.3 Å². The third-order valence-electron chi connectivity index (χ3n) is 7.39. The number of carbonyl (C=O) groups excluding carboxylic acids is 2. The predicted molar refractivity (Wildman–Crippen MR) is 157 cm³/mol. The Labute approximate surface area is 238 Å². The SMILES string of the molecule is COc1ccccc1C1CC(c2ccc(C)c(C)c2)=NN1C(=O)CN(CCN1CCOCC1)C(=O)NC(C)(C)C. The third kappa shape index (κ3) is 7.40. The first kappa shape index (κ1) is 29.6. The molecule has 9 heteroatoms. The summed E-state index contributed by atoms with van der Waals surface area (Å²) in [6.45, 7) is 14.0. The van der Waals surface area contributed by atoms with Gasteiger partial charge in [-0.1, -0.05) is 30.3 Å². The van der Waals surface area contributed by atoms with E-state index in [1.807, 2.05) is 45.0 Å². The fraction of sp³-hybridized carbons (Fsp3) is 0.516. The van der Waals surface area contributed by atoms with Crippen molar-refractivity contribution in [2.75, 3.05) is 53.0 Å². The lowest BCUT2D eigenvalue weighted by Crippen LogP contribution is -2.53. The smallest absolute Gasteiger partial charge is 0.318 e. The molecule has 1 saturated heterocycles. The topological polar surface area (TPSA) is 86.7 Å². The number of amides is 3. The Morgan fingerprint density at radius 3 is 2.50 bits per heavy atom. The van der Waals surface area contributed by atoms with Gasteiger partial charge in [-0.15, -0.1) is 0 Å². The Kier molecular flexibility index (Phi) is 9.48. The van der Waals surface area contributed by atoms with Gasteiger partial charge in [-0.2, -0.15) is 5.10 Å². The summed E-state index contributed by atoms with van der Waals surface area (Å²) in [5.74, 6) is 0.470. The average molecular weight is 550 g/mol. The van der Waals surface area contributed by atoms with Gasteiger partial charge in [0.25, 0.3) is 5.91 Å². The fourth-order valence-electron chi connectivity index (χ4n) is 4.99. The Balaban J connectivity index is 1.62. The lowest BCUT2D eigenvalue weighted by atomic mass is 9.96. The van der Waals surface area contributed by atoms with Crippen LogP contribution in [0.2, 0.25) is 0 Å². The Bertz CT molecular complexity index is 1230. The second kappa shape index (κ2) is 12.8. The molecule has 0 spiro atoms. The average Bonchev–Trinajstić information content (AvgIpc) is 3.37. The molecular weight excluding hydrogens is 506 g/mol. The van der Waals surface area contributed by atoms with E-state index in [-0.39, 0.29) is 24.5 Å². The molecule has 1 unspecified atom stereocenters. The molecule has 1 fully saturated rings. The molecule has 216 valence electrons. The molecule has 0 aliphatic carbocycles. The minimum absolute atomic E-state index is 0.0817. The Hall–Kier alpha value is -3.43. The summed E-state index contributed by atoms with van der Waals surface area (Å²) in [6.07, 6.45) is 0.552. The standard InChI is InChI=1S/C31H43N5O4/c1-22-11-12-24(19-23(22)2)26-20-27(25-9-7-8-10-28(25)39-6)36(33-26)29(37)21-35(30(38)32-31(3,4)5)14-13-34-15-17-40-18-16-34/h7-12,19,27H,13-18,20-21H2,1-6H3,(H,32,38). The summed E-state index contributed by atoms with van der Waals surface area (Å²) in [5.41, 5.74) is 4.67. The van der Waals surface area contributed by atoms with Crippen LogP contribution in [0.5, 0.6) is 5.75 Å². The Morgan fingerprint density at radius 2 is 1.82 bits per heavy atom. The number of nitrogens with zero attached hydrogens (tertiary/aromatic N) is 4. The highest BCUT2D eigenvalue weighted by Crippen LogP contribution is 2.37. The van der Waals surface area contributed by atoms with Gasteiger partial charge in [-0.25, -0.2) is 9.80 Å². The highest BCUT2D eigenvalue weighted by Gasteiger charge is 2.36. The van der Waals surface area contributed by atoms with Crippen LogP contribution in [0.4, 0.5) is 4.79 Å². The number of rotatable bonds is 8. The van der Waals surface area contributed by atoms with Crippen molar-refractivity contribution < 1.29 is 19.1 Å². The first-order valence-electron chi connectivity index (χ1n) is 14.0. The molecule has 9 nitrogen and oxygen atoms in total. The number of hydrazone groups is 1. The van der Waals surface area contributed by atoms with Crippen molar-refractivity contribution in [1.29, 1.82) is 0 Å². The van der Waals surface area contributed by atoms with E-state index < -0.39 is 5.54 Å². The molecule has 0 saturated carbocycles. The summed E-state index contributed by atoms with van der Waals surface area (Å²) in [7, 11) is 1.63. The zero-order valence-electron chi connectivity index (χ0n) is 24.7. The van der Waals surface area contributed by atoms with Crippen LogP contribution in [-0.4, -0.2) is 91.0 Å². The highest BCUT2D eigenvalue weighted by molar-refractivity contribution is 6.03. The zero-order chi connectivity index (χ0) is 28.9. The molecule has 4 rings (SSSR count). The first-order chi connectivity index (χ1) is 19.1. The second-order valence-electron chi connectivity index (χ2n) is 11.6. The number of benzene rings is 2. The zero-order valence-corrected chi connectivity index (χ0v) is 24.7. The first-order valence-corrected chi connectivity index (χ1v) is 14.0. The van der Waals surface area contributed by atoms with Crippen LogP contribution >= 0.6 is 0 Å². The predicted octanol–water partition coefficient (Wildman–Crippen LogP) is 4.13. The van der Waals surface area contributed by atoms with Gasteiger partial charge in [0.1, 0.15) is 12.3 Å². The van der Waals surface area contributed by atoms with E-state index in [4.69, 9.17) is 14.6 Å². The number of hydrogen-bond donors (Lipinski definition) is 1. The number of para-hydroxylation sites is 1. The van der Waals surface area contributed by atoms with Crippen LogP contribution < -0.4 is 10.1 Å². The molecule has 2 heterocycles. The van der Waals surface area contributed by atoms with Crippen LogP contribution in [0.3, 0.4) is 0 Å². The van der Waals surface area contributed by atoms with Crippen molar-refractivity contribution >= 4 is 17.6 Å². The molecule has 2 aliphatic rings. The largest absolute Gasteiger partial charge is 0.496 e. The van der Waals surface area contributed by atoms with Crippen LogP contribution in [0.1, 0.15) is 55.5 Å². The molecule has 2 aliphatic heterocycles. The lowest BCUT2D eigenvalue weighted by molar-refractivity contribution is -0.133. The van der Waals surface area contributed by atoms with Crippen LogP contribution in [0, 0.1) is 13.8 Å². The molecular formula is C31H43N5O4. The molecule has 2 aromatic rings. The highest BCUT2D eigenvalue weighted by atomic mass is 16.5. The second-order valence-corrected chi connectivity index (χ2v) is 11.6. The molecule has 1 N–H and O–H groups in total. The maximum absolute atomic E-state index is 14.0. The van der Waals surface area contributed by atoms with Gasteiger partial charge < -0.3 is 19.7 Å². The van der Waals surface area contributed by atoms with Crippen molar-refractivity contribution in [2.24, 2.45) is 5.10 Å². The van der Waals surface area contributed by atoms with Gasteiger partial charge in [0.15, 0.2) is 0 Å². The van der Waals surface area contributed by atoms with Gasteiger partial charge in [-0.3, -0.25) is 9.69 Å². The normalized spacial score (nSPS) is 17.9. The number of hydrogen-bond acceptors (Lipinski definition) is 6. The fourth-order valence-corrected chi connectivity index (χ4v) is 4.99. The number of nitrogens with one attached hydrogen (secondary N) is 1. The van der Waals surface area contributed by atoms with Gasteiger partial charge in [0.05, 0.1) is 32.1 Å². The summed E-state index contributed by atoms with van der Waals surface area (Å²) in [4.78, 5) is 31.2. The maximum Gasteiger partial charge on any atom is 0.318 e. The van der Waals surface area contributed by atoms with Crippen LogP contribution in [0.15, 0.2) is 47.6 Å². The van der Waals surface area contributed by atoms with E-state index in [1.165, 1.54) is 11.1 Å². The van der Waals surface area contributed by atoms with Crippen LogP contribution in [-0.2, 0) is 9.53 Å². The van der Waals surface area contributed by atoms with Gasteiger partial charge >= 0.3 is 6.03 Å². The summed E-state index contributed by atoms with van der Waals surface area (Å²) >= 11 is 0. The number of methoxy groups -OCH3 is 1. The van der Waals surface area contributed by atoms with E-state index >= 15 is 0 Å². The molecule has 0 radical (unpaired) electrons. The van der Waals surface area contributed by atoms with Crippen molar-refractivity contribution in [1.82, 2.24) is 20.1 Å². The lowest BCUT2D eigenvalue weighted by Gasteiger charge is -2.33. The van der Waals surface area contributed by atoms with Gasteiger partial charge in [-0.05, 0) is 63.4 Å². The van der Waals surface area contributed by atoms with E-state index in [9.17, 15) is 9.59 Å². The molecule has 0 aromatic heterocycles. The van der Waals surface area contributed by atoms with Crippen molar-refractivity contribution in [3.8, 4) is 5.75 Å². The summed E-state index contributed by atoms with van der Waals surface area (Å²) in [6, 6.07) is 13.4. The van der Waals surface area contributed by atoms with E-state index in [1.54, 1.807) is 17.0 Å². The van der Waals surface area contributed by atoms with Gasteiger partial charge in [0, 0.05) is 43.7 Å². The maximum atomic E-state index is 14.0. The third-order valence-corrected chi connectivity index (χ3v) is 7.39. The molecule has 40 heavy (non-hydrogen) atoms. The number of carbonyl (C=O) groups is 2. The van der Waals surface area contributed by atoms with Crippen molar-refractivity contribution in [3.05, 3.63) is 64.7 Å². The summed E-state index contributed by atoms with van der Waals surface area (Å²) < 4.78 is 11.1. The molecule has 0 bridgehead atoms. The molecule has 2 aromatic carbocycles. The van der Waals surface area contributed by atoms with Crippen molar-refractivity contribution in [2.45, 2.75) is 52.6 Å². The number of morpholine rings is 1. The Morgan fingerprint density at radius 1 is 1.10 bits per heavy atom. The quantitative estimate of drug-likeness (QED) is 0.535. The van der Waals surface area contributed by atoms with E-state index in [0.29, 0.717) is 38.5 Å². The van der Waals surface area contributed by atoms with Crippen LogP contribution in [0.25, 0.3) is 0 Å².